The first-order chi connectivity index (χ1) is 11.4. The molecular weight excluding hydrogens is 340 g/mol. The Morgan fingerprint density at radius 1 is 1.12 bits per heavy atom. The maximum atomic E-state index is 11.7. The van der Waals surface area contributed by atoms with Gasteiger partial charge in [-0.3, -0.25) is 9.59 Å². The topological polar surface area (TPSA) is 163 Å². The van der Waals surface area contributed by atoms with E-state index in [1.54, 1.807) is 13.8 Å². The number of carboxylic acid groups (broad SMARTS) is 1. The van der Waals surface area contributed by atoms with Crippen LogP contribution in [0.25, 0.3) is 0 Å². The van der Waals surface area contributed by atoms with Crippen LogP contribution < -0.4 is 0 Å². The summed E-state index contributed by atoms with van der Waals surface area (Å²) < 4.78 is 15.5. The molecule has 146 valence electrons. The van der Waals surface area contributed by atoms with Crippen molar-refractivity contribution in [2.45, 2.75) is 76.0 Å². The lowest BCUT2D eigenvalue weighted by Gasteiger charge is -2.40. The summed E-state index contributed by atoms with van der Waals surface area (Å²) in [6.07, 6.45) is -8.45. The smallest absolute Gasteiger partial charge is 0.308 e. The van der Waals surface area contributed by atoms with Gasteiger partial charge in [0, 0.05) is 0 Å². The van der Waals surface area contributed by atoms with Gasteiger partial charge in [-0.05, 0) is 20.8 Å². The summed E-state index contributed by atoms with van der Waals surface area (Å²) in [5.74, 6) is -2.17. The predicted octanol–water partition coefficient (Wildman–Crippen LogP) is -1.62. The first-order valence-corrected chi connectivity index (χ1v) is 7.88. The molecular formula is C15H26O10. The maximum absolute atomic E-state index is 11.7. The molecule has 0 aromatic heterocycles. The number of rotatable bonds is 8. The molecule has 6 atom stereocenters. The third kappa shape index (κ3) is 6.84. The molecule has 0 bridgehead atoms. The van der Waals surface area contributed by atoms with Crippen LogP contribution in [0.15, 0.2) is 0 Å². The Morgan fingerprint density at radius 3 is 2.24 bits per heavy atom. The standard InChI is InChI=1S/C15H26O10/c1-7(2)24-14-13(21)12(20)11(19)8(25-14)6-23-10(18)5-15(3,22)4-9(16)17/h7-8,11-14,19-22H,4-6H2,1-3H3,(H,16,17)/t8-,11+,12+,13-,14-,15+/m0/s1. The molecule has 0 aromatic carbocycles. The quantitative estimate of drug-likeness (QED) is 0.315. The molecule has 1 heterocycles. The summed E-state index contributed by atoms with van der Waals surface area (Å²) >= 11 is 0. The van der Waals surface area contributed by atoms with E-state index < -0.39 is 67.7 Å². The van der Waals surface area contributed by atoms with Gasteiger partial charge in [0.25, 0.3) is 0 Å². The summed E-state index contributed by atoms with van der Waals surface area (Å²) in [4.78, 5) is 22.3. The number of aliphatic carboxylic acids is 1. The van der Waals surface area contributed by atoms with Gasteiger partial charge in [-0.2, -0.15) is 0 Å². The molecule has 25 heavy (non-hydrogen) atoms. The van der Waals surface area contributed by atoms with Gasteiger partial charge in [0.2, 0.25) is 0 Å². The van der Waals surface area contributed by atoms with E-state index in [1.807, 2.05) is 0 Å². The monoisotopic (exact) mass is 366 g/mol. The lowest BCUT2D eigenvalue weighted by molar-refractivity contribution is -0.309. The molecule has 1 aliphatic heterocycles. The number of carbonyl (C=O) groups is 2. The Kier molecular flexibility index (Phi) is 7.72. The van der Waals surface area contributed by atoms with E-state index in [0.29, 0.717) is 0 Å². The summed E-state index contributed by atoms with van der Waals surface area (Å²) in [6.45, 7) is 4.09. The average Bonchev–Trinajstić information content (AvgIpc) is 2.44. The fourth-order valence-electron chi connectivity index (χ4n) is 2.36. The molecule has 1 fully saturated rings. The minimum absolute atomic E-state index is 0.323. The second-order valence-electron chi connectivity index (χ2n) is 6.63. The number of ether oxygens (including phenoxy) is 3. The SMILES string of the molecule is CC(C)O[C@H]1O[C@@H](COC(=O)C[C@](C)(O)CC(=O)O)[C@@H](O)[C@@H](O)[C@@H]1O. The number of aliphatic hydroxyl groups is 4. The minimum Gasteiger partial charge on any atom is -0.481 e. The molecule has 0 radical (unpaired) electrons. The number of aliphatic hydroxyl groups excluding tert-OH is 3. The van der Waals surface area contributed by atoms with E-state index in [-0.39, 0.29) is 6.10 Å². The Labute approximate surface area is 144 Å². The van der Waals surface area contributed by atoms with Crippen molar-refractivity contribution < 1.29 is 49.3 Å². The van der Waals surface area contributed by atoms with Gasteiger partial charge >= 0.3 is 11.9 Å². The van der Waals surface area contributed by atoms with Gasteiger partial charge in [0.15, 0.2) is 6.29 Å². The summed E-state index contributed by atoms with van der Waals surface area (Å²) in [6, 6.07) is 0. The number of hydrogen-bond acceptors (Lipinski definition) is 9. The van der Waals surface area contributed by atoms with Crippen LogP contribution in [0, 0.1) is 0 Å². The number of carboxylic acids is 1. The van der Waals surface area contributed by atoms with Crippen LogP contribution in [0.1, 0.15) is 33.6 Å². The van der Waals surface area contributed by atoms with Crippen molar-refractivity contribution in [1.82, 2.24) is 0 Å². The van der Waals surface area contributed by atoms with Gasteiger partial charge in [-0.15, -0.1) is 0 Å². The van der Waals surface area contributed by atoms with E-state index >= 15 is 0 Å². The van der Waals surface area contributed by atoms with Crippen molar-refractivity contribution in [3.8, 4) is 0 Å². The van der Waals surface area contributed by atoms with Crippen LogP contribution in [-0.4, -0.2) is 86.5 Å². The highest BCUT2D eigenvalue weighted by atomic mass is 16.7. The van der Waals surface area contributed by atoms with Gasteiger partial charge in [-0.1, -0.05) is 0 Å². The van der Waals surface area contributed by atoms with E-state index in [0.717, 1.165) is 0 Å². The second-order valence-corrected chi connectivity index (χ2v) is 6.63. The Morgan fingerprint density at radius 2 is 1.72 bits per heavy atom. The van der Waals surface area contributed by atoms with Crippen molar-refractivity contribution in [2.75, 3.05) is 6.61 Å². The lowest BCUT2D eigenvalue weighted by Crippen LogP contribution is -2.59. The fourth-order valence-corrected chi connectivity index (χ4v) is 2.36. The van der Waals surface area contributed by atoms with Crippen LogP contribution in [0.5, 0.6) is 0 Å². The third-order valence-corrected chi connectivity index (χ3v) is 3.54. The molecule has 0 aliphatic carbocycles. The van der Waals surface area contributed by atoms with Crippen LogP contribution >= 0.6 is 0 Å². The molecule has 0 spiro atoms. The lowest BCUT2D eigenvalue weighted by atomic mass is 9.98. The van der Waals surface area contributed by atoms with Crippen LogP contribution in [0.3, 0.4) is 0 Å². The first-order valence-electron chi connectivity index (χ1n) is 7.88. The molecule has 1 aliphatic rings. The fraction of sp³-hybridized carbons (Fsp3) is 0.867. The zero-order valence-electron chi connectivity index (χ0n) is 14.4. The van der Waals surface area contributed by atoms with Crippen LogP contribution in [0.2, 0.25) is 0 Å². The molecule has 1 saturated heterocycles. The number of esters is 1. The Bertz CT molecular complexity index is 463. The van der Waals surface area contributed by atoms with E-state index in [4.69, 9.17) is 19.3 Å². The second kappa shape index (κ2) is 8.88. The van der Waals surface area contributed by atoms with Gasteiger partial charge < -0.3 is 39.7 Å². The van der Waals surface area contributed by atoms with E-state index in [1.165, 1.54) is 6.92 Å². The van der Waals surface area contributed by atoms with Gasteiger partial charge in [-0.25, -0.2) is 0 Å². The van der Waals surface area contributed by atoms with Crippen molar-refractivity contribution in [2.24, 2.45) is 0 Å². The first kappa shape index (κ1) is 21.7. The van der Waals surface area contributed by atoms with Crippen molar-refractivity contribution >= 4 is 11.9 Å². The summed E-state index contributed by atoms with van der Waals surface area (Å²) in [7, 11) is 0. The molecule has 10 heteroatoms. The van der Waals surface area contributed by atoms with E-state index in [2.05, 4.69) is 0 Å². The Hall–Kier alpha value is -1.30. The molecule has 10 nitrogen and oxygen atoms in total. The van der Waals surface area contributed by atoms with Crippen molar-refractivity contribution in [1.29, 1.82) is 0 Å². The molecule has 5 N–H and O–H groups in total. The predicted molar refractivity (Wildman–Crippen MR) is 81.4 cm³/mol. The van der Waals surface area contributed by atoms with Crippen LogP contribution in [-0.2, 0) is 23.8 Å². The van der Waals surface area contributed by atoms with Gasteiger partial charge in [0.1, 0.15) is 31.0 Å². The summed E-state index contributed by atoms with van der Waals surface area (Å²) in [5, 5.41) is 48.1. The maximum Gasteiger partial charge on any atom is 0.308 e. The Balaban J connectivity index is 2.59. The van der Waals surface area contributed by atoms with E-state index in [9.17, 15) is 30.0 Å². The average molecular weight is 366 g/mol. The summed E-state index contributed by atoms with van der Waals surface area (Å²) in [5.41, 5.74) is -1.78. The highest BCUT2D eigenvalue weighted by Gasteiger charge is 2.45. The highest BCUT2D eigenvalue weighted by molar-refractivity contribution is 5.73. The minimum atomic E-state index is -1.78. The molecule has 0 unspecified atom stereocenters. The highest BCUT2D eigenvalue weighted by Crippen LogP contribution is 2.24. The molecule has 0 amide bonds. The zero-order valence-corrected chi connectivity index (χ0v) is 14.4. The molecule has 0 aromatic rings. The van der Waals surface area contributed by atoms with Crippen molar-refractivity contribution in [3.63, 3.8) is 0 Å². The zero-order chi connectivity index (χ0) is 19.4. The van der Waals surface area contributed by atoms with Gasteiger partial charge in [0.05, 0.1) is 24.5 Å². The van der Waals surface area contributed by atoms with Crippen LogP contribution in [0.4, 0.5) is 0 Å². The molecule has 1 rings (SSSR count). The number of carbonyl (C=O) groups excluding carboxylic acids is 1. The molecule has 0 saturated carbocycles. The normalized spacial score (nSPS) is 32.2. The third-order valence-electron chi connectivity index (χ3n) is 3.54. The largest absolute Gasteiger partial charge is 0.481 e. The van der Waals surface area contributed by atoms with Crippen molar-refractivity contribution in [3.05, 3.63) is 0 Å². The number of hydrogen-bond donors (Lipinski definition) is 5.